The van der Waals surface area contributed by atoms with Crippen molar-refractivity contribution >= 4 is 27.5 Å². The molecule has 0 aliphatic heterocycles. The van der Waals surface area contributed by atoms with E-state index in [-0.39, 0.29) is 49.5 Å². The Balaban J connectivity index is 2.23. The number of hydrogen-bond donors (Lipinski definition) is 1. The first kappa shape index (κ1) is 30.3. The molecule has 0 spiro atoms. The summed E-state index contributed by atoms with van der Waals surface area (Å²) in [4.78, 5) is 28.0. The molecule has 1 atom stereocenters. The zero-order valence-electron chi connectivity index (χ0n) is 22.8. The standard InChI is InChI=1S/C28H40FN3O4S/c1-7-25(28(34)30-18-20(2)3)31(19-23-12-14-24(29)15-13-23)27(33)9-8-16-32(37(6,35)36)26-17-21(4)10-11-22(26)5/h10-15,17,20,25H,7-9,16,18-19H2,1-6H3,(H,30,34)/t25-/m1/s1. The third kappa shape index (κ3) is 9.14. The van der Waals surface area contributed by atoms with Crippen LogP contribution in [0.1, 0.15) is 56.7 Å². The highest BCUT2D eigenvalue weighted by molar-refractivity contribution is 7.92. The summed E-state index contributed by atoms with van der Waals surface area (Å²) in [7, 11) is -3.57. The molecular weight excluding hydrogens is 493 g/mol. The van der Waals surface area contributed by atoms with Gasteiger partial charge in [-0.05, 0) is 67.5 Å². The Morgan fingerprint density at radius 3 is 2.27 bits per heavy atom. The van der Waals surface area contributed by atoms with E-state index in [0.29, 0.717) is 24.2 Å². The molecule has 0 bridgehead atoms. The number of hydrogen-bond acceptors (Lipinski definition) is 4. The second kappa shape index (κ2) is 13.6. The van der Waals surface area contributed by atoms with E-state index >= 15 is 0 Å². The van der Waals surface area contributed by atoms with E-state index < -0.39 is 16.1 Å². The highest BCUT2D eigenvalue weighted by Gasteiger charge is 2.29. The van der Waals surface area contributed by atoms with Crippen LogP contribution in [-0.4, -0.2) is 50.5 Å². The van der Waals surface area contributed by atoms with Crippen LogP contribution in [0.25, 0.3) is 0 Å². The molecule has 0 aliphatic carbocycles. The molecule has 0 fully saturated rings. The molecule has 0 heterocycles. The zero-order valence-corrected chi connectivity index (χ0v) is 23.6. The summed E-state index contributed by atoms with van der Waals surface area (Å²) < 4.78 is 40.0. The van der Waals surface area contributed by atoms with Crippen LogP contribution in [-0.2, 0) is 26.2 Å². The molecule has 0 aliphatic rings. The van der Waals surface area contributed by atoms with Crippen LogP contribution in [0.15, 0.2) is 42.5 Å². The minimum atomic E-state index is -3.57. The van der Waals surface area contributed by atoms with E-state index in [1.165, 1.54) is 21.3 Å². The zero-order chi connectivity index (χ0) is 27.8. The molecule has 0 saturated heterocycles. The topological polar surface area (TPSA) is 86.8 Å². The van der Waals surface area contributed by atoms with Gasteiger partial charge in [0.25, 0.3) is 0 Å². The number of rotatable bonds is 13. The number of amides is 2. The van der Waals surface area contributed by atoms with Crippen molar-refractivity contribution in [1.29, 1.82) is 0 Å². The third-order valence-corrected chi connectivity index (χ3v) is 7.30. The molecule has 9 heteroatoms. The highest BCUT2D eigenvalue weighted by atomic mass is 32.2. The molecule has 0 aromatic heterocycles. The molecular formula is C28H40FN3O4S. The highest BCUT2D eigenvalue weighted by Crippen LogP contribution is 2.25. The Labute approximate surface area is 221 Å². The number of anilines is 1. The smallest absolute Gasteiger partial charge is 0.242 e. The summed E-state index contributed by atoms with van der Waals surface area (Å²) in [5.74, 6) is -0.615. The normalized spacial score (nSPS) is 12.3. The Kier molecular flexibility index (Phi) is 11.1. The van der Waals surface area contributed by atoms with Crippen molar-refractivity contribution in [1.82, 2.24) is 10.2 Å². The van der Waals surface area contributed by atoms with E-state index in [1.807, 2.05) is 52.8 Å². The Morgan fingerprint density at radius 1 is 1.05 bits per heavy atom. The van der Waals surface area contributed by atoms with Gasteiger partial charge in [-0.25, -0.2) is 12.8 Å². The SMILES string of the molecule is CC[C@H](C(=O)NCC(C)C)N(Cc1ccc(F)cc1)C(=O)CCCN(c1cc(C)ccc1C)S(C)(=O)=O. The Morgan fingerprint density at radius 2 is 1.70 bits per heavy atom. The summed E-state index contributed by atoms with van der Waals surface area (Å²) >= 11 is 0. The van der Waals surface area contributed by atoms with Gasteiger partial charge >= 0.3 is 0 Å². The van der Waals surface area contributed by atoms with Gasteiger partial charge in [0.15, 0.2) is 0 Å². The van der Waals surface area contributed by atoms with Crippen LogP contribution in [0.5, 0.6) is 0 Å². The largest absolute Gasteiger partial charge is 0.354 e. The van der Waals surface area contributed by atoms with E-state index in [2.05, 4.69) is 5.32 Å². The summed E-state index contributed by atoms with van der Waals surface area (Å²) in [5, 5.41) is 2.91. The van der Waals surface area contributed by atoms with Crippen LogP contribution < -0.4 is 9.62 Å². The number of sulfonamides is 1. The van der Waals surface area contributed by atoms with Gasteiger partial charge in [0.2, 0.25) is 21.8 Å². The van der Waals surface area contributed by atoms with Crippen LogP contribution in [0.2, 0.25) is 0 Å². The van der Waals surface area contributed by atoms with E-state index in [4.69, 9.17) is 0 Å². The molecule has 0 saturated carbocycles. The van der Waals surface area contributed by atoms with Gasteiger partial charge in [0.1, 0.15) is 11.9 Å². The molecule has 7 nitrogen and oxygen atoms in total. The predicted octanol–water partition coefficient (Wildman–Crippen LogP) is 4.57. The predicted molar refractivity (Wildman–Crippen MR) is 146 cm³/mol. The molecule has 37 heavy (non-hydrogen) atoms. The summed E-state index contributed by atoms with van der Waals surface area (Å²) in [6, 6.07) is 10.8. The van der Waals surface area contributed by atoms with Gasteiger partial charge in [-0.2, -0.15) is 0 Å². The lowest BCUT2D eigenvalue weighted by molar-refractivity contribution is -0.141. The number of nitrogens with zero attached hydrogens (tertiary/aromatic N) is 2. The maximum Gasteiger partial charge on any atom is 0.242 e. The molecule has 2 rings (SSSR count). The van der Waals surface area contributed by atoms with Gasteiger partial charge in [-0.3, -0.25) is 13.9 Å². The third-order valence-electron chi connectivity index (χ3n) is 6.12. The lowest BCUT2D eigenvalue weighted by Gasteiger charge is -2.31. The second-order valence-electron chi connectivity index (χ2n) is 9.94. The fraction of sp³-hybridized carbons (Fsp3) is 0.500. The van der Waals surface area contributed by atoms with Gasteiger partial charge in [-0.1, -0.05) is 45.0 Å². The van der Waals surface area contributed by atoms with Crippen molar-refractivity contribution in [3.63, 3.8) is 0 Å². The molecule has 0 radical (unpaired) electrons. The van der Waals surface area contributed by atoms with Crippen molar-refractivity contribution in [2.24, 2.45) is 5.92 Å². The first-order valence-corrected chi connectivity index (χ1v) is 14.5. The molecule has 2 aromatic rings. The van der Waals surface area contributed by atoms with Crippen LogP contribution in [0, 0.1) is 25.6 Å². The number of aryl methyl sites for hydroxylation is 2. The molecule has 0 unspecified atom stereocenters. The molecule has 2 amide bonds. The number of nitrogens with one attached hydrogen (secondary N) is 1. The summed E-state index contributed by atoms with van der Waals surface area (Å²) in [6.45, 7) is 10.4. The second-order valence-corrected chi connectivity index (χ2v) is 11.8. The average molecular weight is 534 g/mol. The molecule has 204 valence electrons. The van der Waals surface area contributed by atoms with Gasteiger partial charge in [0.05, 0.1) is 11.9 Å². The Bertz CT molecular complexity index is 1170. The van der Waals surface area contributed by atoms with Crippen molar-refractivity contribution in [2.75, 3.05) is 23.7 Å². The minimum Gasteiger partial charge on any atom is -0.354 e. The summed E-state index contributed by atoms with van der Waals surface area (Å²) in [5.41, 5.74) is 3.07. The maximum absolute atomic E-state index is 13.5. The fourth-order valence-corrected chi connectivity index (χ4v) is 5.11. The van der Waals surface area contributed by atoms with Crippen molar-refractivity contribution < 1.29 is 22.4 Å². The number of benzene rings is 2. The number of carbonyl (C=O) groups is 2. The maximum atomic E-state index is 13.5. The monoisotopic (exact) mass is 533 g/mol. The lowest BCUT2D eigenvalue weighted by Crippen LogP contribution is -2.49. The van der Waals surface area contributed by atoms with Crippen molar-refractivity contribution in [3.05, 3.63) is 65.0 Å². The van der Waals surface area contributed by atoms with Crippen molar-refractivity contribution in [3.8, 4) is 0 Å². The van der Waals surface area contributed by atoms with E-state index in [0.717, 1.165) is 17.4 Å². The van der Waals surface area contributed by atoms with Crippen LogP contribution in [0.3, 0.4) is 0 Å². The first-order chi connectivity index (χ1) is 17.3. The van der Waals surface area contributed by atoms with Gasteiger partial charge in [-0.15, -0.1) is 0 Å². The molecule has 1 N–H and O–H groups in total. The lowest BCUT2D eigenvalue weighted by atomic mass is 10.1. The fourth-order valence-electron chi connectivity index (χ4n) is 4.10. The Hall–Kier alpha value is -2.94. The summed E-state index contributed by atoms with van der Waals surface area (Å²) in [6.07, 6.45) is 1.91. The average Bonchev–Trinajstić information content (AvgIpc) is 2.82. The van der Waals surface area contributed by atoms with Gasteiger partial charge in [0, 0.05) is 26.1 Å². The van der Waals surface area contributed by atoms with E-state index in [9.17, 15) is 22.4 Å². The quantitative estimate of drug-likeness (QED) is 0.409. The first-order valence-electron chi connectivity index (χ1n) is 12.7. The van der Waals surface area contributed by atoms with E-state index in [1.54, 1.807) is 12.1 Å². The van der Waals surface area contributed by atoms with Gasteiger partial charge < -0.3 is 10.2 Å². The van der Waals surface area contributed by atoms with Crippen LogP contribution >= 0.6 is 0 Å². The minimum absolute atomic E-state index is 0.0615. The number of halogens is 1. The van der Waals surface area contributed by atoms with Crippen molar-refractivity contribution in [2.45, 2.75) is 66.5 Å². The molecule has 2 aromatic carbocycles. The number of carbonyl (C=O) groups excluding carboxylic acids is 2. The van der Waals surface area contributed by atoms with Crippen LogP contribution in [0.4, 0.5) is 10.1 Å².